The number of anilines is 3. The second-order valence-corrected chi connectivity index (χ2v) is 9.58. The Labute approximate surface area is 170 Å². The fourth-order valence-electron chi connectivity index (χ4n) is 3.34. The first-order chi connectivity index (χ1) is 13.1. The fourth-order valence-corrected chi connectivity index (χ4v) is 3.34. The Morgan fingerprint density at radius 1 is 0.607 bits per heavy atom. The van der Waals surface area contributed by atoms with E-state index in [4.69, 9.17) is 0 Å². The van der Waals surface area contributed by atoms with Crippen molar-refractivity contribution >= 4 is 17.1 Å². The van der Waals surface area contributed by atoms with Gasteiger partial charge in [0.15, 0.2) is 0 Å². The number of aryl methyl sites for hydroxylation is 1. The lowest BCUT2D eigenvalue weighted by molar-refractivity contribution is 0.590. The van der Waals surface area contributed by atoms with Crippen molar-refractivity contribution in [2.24, 2.45) is 0 Å². The van der Waals surface area contributed by atoms with Crippen LogP contribution in [0, 0.1) is 6.92 Å². The Bertz CT molecular complexity index is 866. The van der Waals surface area contributed by atoms with Crippen LogP contribution in [0.5, 0.6) is 0 Å². The second-order valence-electron chi connectivity index (χ2n) is 9.58. The summed E-state index contributed by atoms with van der Waals surface area (Å²) in [5, 5.41) is 0. The van der Waals surface area contributed by atoms with Crippen LogP contribution in [0.1, 0.15) is 58.4 Å². The lowest BCUT2D eigenvalue weighted by Crippen LogP contribution is -2.14. The maximum atomic E-state index is 4.38. The molecule has 0 bridgehead atoms. The van der Waals surface area contributed by atoms with Gasteiger partial charge in [-0.25, -0.2) is 0 Å². The fraction of sp³-hybridized carbons (Fsp3) is 0.346. The zero-order valence-corrected chi connectivity index (χ0v) is 18.2. The van der Waals surface area contributed by atoms with Crippen LogP contribution in [-0.2, 0) is 10.8 Å². The average molecular weight is 373 g/mol. The van der Waals surface area contributed by atoms with Gasteiger partial charge in [-0.05, 0) is 65.3 Å². The first-order valence-electron chi connectivity index (χ1n) is 9.99. The van der Waals surface area contributed by atoms with Gasteiger partial charge in [0, 0.05) is 29.0 Å². The van der Waals surface area contributed by atoms with Gasteiger partial charge in [0.05, 0.1) is 0 Å². The minimum atomic E-state index is 0.144. The predicted molar refractivity (Wildman–Crippen MR) is 121 cm³/mol. The number of nitrogens with zero attached hydrogens (tertiary/aromatic N) is 2. The number of benzene rings is 2. The molecule has 3 aromatic rings. The van der Waals surface area contributed by atoms with Gasteiger partial charge in [0.2, 0.25) is 0 Å². The van der Waals surface area contributed by atoms with Crippen LogP contribution in [0.4, 0.5) is 17.1 Å². The molecule has 0 N–H and O–H groups in total. The number of pyridine rings is 1. The minimum absolute atomic E-state index is 0.144. The summed E-state index contributed by atoms with van der Waals surface area (Å²) in [4.78, 5) is 6.67. The quantitative estimate of drug-likeness (QED) is 0.474. The Balaban J connectivity index is 2.08. The lowest BCUT2D eigenvalue weighted by Gasteiger charge is -2.28. The highest BCUT2D eigenvalue weighted by atomic mass is 15.1. The van der Waals surface area contributed by atoms with Crippen LogP contribution in [0.25, 0.3) is 0 Å². The van der Waals surface area contributed by atoms with Gasteiger partial charge in [-0.15, -0.1) is 0 Å². The standard InChI is InChI=1S/C26H32N2/c1-19-18-24(16-17-27-19)28(22-12-8-20(9-13-22)25(2,3)4)23-14-10-21(11-15-23)26(5,6)7/h8-18H,1-7H3. The molecule has 1 aromatic heterocycles. The van der Waals surface area contributed by atoms with Crippen molar-refractivity contribution in [2.75, 3.05) is 4.90 Å². The number of rotatable bonds is 3. The molecule has 0 atom stereocenters. The van der Waals surface area contributed by atoms with Gasteiger partial charge in [0.1, 0.15) is 0 Å². The molecule has 2 heteroatoms. The summed E-state index contributed by atoms with van der Waals surface area (Å²) < 4.78 is 0. The Kier molecular flexibility index (Phi) is 5.34. The highest BCUT2D eigenvalue weighted by Crippen LogP contribution is 2.36. The highest BCUT2D eigenvalue weighted by molar-refractivity contribution is 5.76. The molecule has 0 saturated carbocycles. The largest absolute Gasteiger partial charge is 0.310 e. The van der Waals surface area contributed by atoms with Crippen molar-refractivity contribution in [2.45, 2.75) is 59.3 Å². The van der Waals surface area contributed by atoms with E-state index in [0.717, 1.165) is 22.8 Å². The summed E-state index contributed by atoms with van der Waals surface area (Å²) in [6, 6.07) is 22.0. The highest BCUT2D eigenvalue weighted by Gasteiger charge is 2.18. The molecule has 0 spiro atoms. The zero-order valence-electron chi connectivity index (χ0n) is 18.2. The van der Waals surface area contributed by atoms with E-state index in [1.165, 1.54) is 11.1 Å². The molecule has 1 heterocycles. The topological polar surface area (TPSA) is 16.1 Å². The molecule has 0 fully saturated rings. The second kappa shape index (κ2) is 7.43. The van der Waals surface area contributed by atoms with Crippen LogP contribution < -0.4 is 4.90 Å². The monoisotopic (exact) mass is 372 g/mol. The molecule has 0 aliphatic carbocycles. The van der Waals surface area contributed by atoms with Gasteiger partial charge in [-0.1, -0.05) is 65.8 Å². The first-order valence-corrected chi connectivity index (χ1v) is 9.99. The molecule has 146 valence electrons. The van der Waals surface area contributed by atoms with E-state index < -0.39 is 0 Å². The van der Waals surface area contributed by atoms with E-state index in [2.05, 4.69) is 112 Å². The third-order valence-corrected chi connectivity index (χ3v) is 5.12. The maximum Gasteiger partial charge on any atom is 0.0494 e. The van der Waals surface area contributed by atoms with E-state index in [-0.39, 0.29) is 10.8 Å². The van der Waals surface area contributed by atoms with Crippen LogP contribution in [0.2, 0.25) is 0 Å². The molecular weight excluding hydrogens is 340 g/mol. The molecule has 0 saturated heterocycles. The predicted octanol–water partition coefficient (Wildman–Crippen LogP) is 7.45. The molecule has 0 aliphatic rings. The van der Waals surface area contributed by atoms with Crippen molar-refractivity contribution in [3.05, 3.63) is 83.7 Å². The van der Waals surface area contributed by atoms with E-state index in [1.807, 2.05) is 13.1 Å². The maximum absolute atomic E-state index is 4.38. The molecule has 3 rings (SSSR count). The van der Waals surface area contributed by atoms with Crippen LogP contribution in [0.3, 0.4) is 0 Å². The molecule has 0 unspecified atom stereocenters. The first kappa shape index (κ1) is 20.1. The van der Waals surface area contributed by atoms with Gasteiger partial charge in [-0.3, -0.25) is 4.98 Å². The van der Waals surface area contributed by atoms with Crippen molar-refractivity contribution in [3.8, 4) is 0 Å². The normalized spacial score (nSPS) is 12.1. The van der Waals surface area contributed by atoms with Crippen molar-refractivity contribution in [3.63, 3.8) is 0 Å². The third-order valence-electron chi connectivity index (χ3n) is 5.12. The summed E-state index contributed by atoms with van der Waals surface area (Å²) in [7, 11) is 0. The molecule has 0 amide bonds. The number of hydrogen-bond acceptors (Lipinski definition) is 2. The Morgan fingerprint density at radius 3 is 1.39 bits per heavy atom. The van der Waals surface area contributed by atoms with Crippen LogP contribution in [-0.4, -0.2) is 4.98 Å². The van der Waals surface area contributed by atoms with Crippen molar-refractivity contribution < 1.29 is 0 Å². The minimum Gasteiger partial charge on any atom is -0.310 e. The lowest BCUT2D eigenvalue weighted by atomic mass is 9.86. The summed E-state index contributed by atoms with van der Waals surface area (Å²) in [6.07, 6.45) is 1.88. The van der Waals surface area contributed by atoms with Crippen molar-refractivity contribution in [1.82, 2.24) is 4.98 Å². The molecular formula is C26H32N2. The zero-order chi connectivity index (χ0) is 20.5. The van der Waals surface area contributed by atoms with E-state index >= 15 is 0 Å². The van der Waals surface area contributed by atoms with Gasteiger partial charge < -0.3 is 4.90 Å². The summed E-state index contributed by atoms with van der Waals surface area (Å²) in [6.45, 7) is 15.5. The molecule has 0 aliphatic heterocycles. The molecule has 28 heavy (non-hydrogen) atoms. The van der Waals surface area contributed by atoms with Crippen LogP contribution in [0.15, 0.2) is 66.9 Å². The summed E-state index contributed by atoms with van der Waals surface area (Å²) >= 11 is 0. The third kappa shape index (κ3) is 4.44. The average Bonchev–Trinajstić information content (AvgIpc) is 2.61. The molecule has 2 nitrogen and oxygen atoms in total. The van der Waals surface area contributed by atoms with Crippen molar-refractivity contribution in [1.29, 1.82) is 0 Å². The number of hydrogen-bond donors (Lipinski definition) is 0. The summed E-state index contributed by atoms with van der Waals surface area (Å²) in [5.74, 6) is 0. The van der Waals surface area contributed by atoms with E-state index in [0.29, 0.717) is 0 Å². The Morgan fingerprint density at radius 2 is 1.04 bits per heavy atom. The molecule has 2 aromatic carbocycles. The van der Waals surface area contributed by atoms with Gasteiger partial charge in [0.25, 0.3) is 0 Å². The molecule has 0 radical (unpaired) electrons. The van der Waals surface area contributed by atoms with E-state index in [1.54, 1.807) is 0 Å². The SMILES string of the molecule is Cc1cc(N(c2ccc(C(C)(C)C)cc2)c2ccc(C(C)(C)C)cc2)ccn1. The van der Waals surface area contributed by atoms with Crippen LogP contribution >= 0.6 is 0 Å². The van der Waals surface area contributed by atoms with E-state index in [9.17, 15) is 0 Å². The van der Waals surface area contributed by atoms with Gasteiger partial charge in [-0.2, -0.15) is 0 Å². The summed E-state index contributed by atoms with van der Waals surface area (Å²) in [5.41, 5.74) is 7.41. The number of aromatic nitrogens is 1. The Hall–Kier alpha value is -2.61. The van der Waals surface area contributed by atoms with Gasteiger partial charge >= 0.3 is 0 Å². The smallest absolute Gasteiger partial charge is 0.0494 e.